The van der Waals surface area contributed by atoms with Crippen molar-refractivity contribution in [1.82, 2.24) is 15.0 Å². The summed E-state index contributed by atoms with van der Waals surface area (Å²) in [7, 11) is 0. The molecule has 0 aliphatic carbocycles. The highest BCUT2D eigenvalue weighted by atomic mass is 16.3. The van der Waals surface area contributed by atoms with E-state index < -0.39 is 0 Å². The van der Waals surface area contributed by atoms with Crippen LogP contribution in [0.3, 0.4) is 0 Å². The summed E-state index contributed by atoms with van der Waals surface area (Å²) in [5.74, 6) is 1.59. The first-order valence-electron chi connectivity index (χ1n) is 8.58. The van der Waals surface area contributed by atoms with Crippen LogP contribution in [0.1, 0.15) is 12.8 Å². The van der Waals surface area contributed by atoms with E-state index in [1.54, 1.807) is 6.20 Å². The van der Waals surface area contributed by atoms with Gasteiger partial charge in [0.2, 0.25) is 0 Å². The number of piperidine rings is 1. The topological polar surface area (TPSA) is 62.1 Å². The van der Waals surface area contributed by atoms with E-state index in [0.717, 1.165) is 48.7 Å². The van der Waals surface area contributed by atoms with Crippen LogP contribution in [0.5, 0.6) is 0 Å². The van der Waals surface area contributed by atoms with Crippen LogP contribution < -0.4 is 4.90 Å². The number of aliphatic hydroxyl groups is 1. The maximum atomic E-state index is 9.77. The molecule has 5 heteroatoms. The highest BCUT2D eigenvalue weighted by Gasteiger charge is 2.20. The van der Waals surface area contributed by atoms with Gasteiger partial charge in [-0.2, -0.15) is 0 Å². The zero-order valence-electron chi connectivity index (χ0n) is 13.9. The molecule has 4 rings (SSSR count). The molecule has 0 unspecified atom stereocenters. The number of hydrogen-bond acceptors (Lipinski definition) is 5. The Morgan fingerprint density at radius 1 is 0.880 bits per heavy atom. The van der Waals surface area contributed by atoms with E-state index in [2.05, 4.69) is 9.88 Å². The summed E-state index contributed by atoms with van der Waals surface area (Å²) in [6.07, 6.45) is 3.10. The molecule has 3 heterocycles. The smallest absolute Gasteiger partial charge is 0.162 e. The number of aliphatic hydroxyl groups excluding tert-OH is 1. The van der Waals surface area contributed by atoms with Crippen LogP contribution in [0.15, 0.2) is 60.8 Å². The molecule has 1 fully saturated rings. The van der Waals surface area contributed by atoms with Crippen LogP contribution in [0, 0.1) is 0 Å². The van der Waals surface area contributed by atoms with E-state index in [9.17, 15) is 5.11 Å². The van der Waals surface area contributed by atoms with Crippen molar-refractivity contribution < 1.29 is 5.11 Å². The van der Waals surface area contributed by atoms with Gasteiger partial charge in [-0.15, -0.1) is 0 Å². The highest BCUT2D eigenvalue weighted by Crippen LogP contribution is 2.26. The Bertz CT molecular complexity index is 773. The fourth-order valence-corrected chi connectivity index (χ4v) is 3.05. The van der Waals surface area contributed by atoms with Gasteiger partial charge in [0, 0.05) is 30.9 Å². The normalized spacial score (nSPS) is 15.3. The number of pyridine rings is 1. The first kappa shape index (κ1) is 15.7. The zero-order chi connectivity index (χ0) is 17.1. The fraction of sp³-hybridized carbons (Fsp3) is 0.250. The van der Waals surface area contributed by atoms with Gasteiger partial charge in [-0.25, -0.2) is 9.97 Å². The molecular weight excluding hydrogens is 312 g/mol. The first-order chi connectivity index (χ1) is 12.3. The maximum Gasteiger partial charge on any atom is 0.162 e. The molecule has 25 heavy (non-hydrogen) atoms. The SMILES string of the molecule is OC1CCN(c2cc(-c3ccccn3)nc(-c3ccccc3)n2)CC1. The van der Waals surface area contributed by atoms with E-state index in [-0.39, 0.29) is 6.10 Å². The lowest BCUT2D eigenvalue weighted by atomic mass is 10.1. The molecule has 0 atom stereocenters. The summed E-state index contributed by atoms with van der Waals surface area (Å²) in [4.78, 5) is 16.2. The largest absolute Gasteiger partial charge is 0.393 e. The molecule has 0 amide bonds. The third-order valence-electron chi connectivity index (χ3n) is 4.46. The van der Waals surface area contributed by atoms with Gasteiger partial charge in [0.05, 0.1) is 17.5 Å². The lowest BCUT2D eigenvalue weighted by Gasteiger charge is -2.30. The molecule has 1 N–H and O–H groups in total. The molecular formula is C20H20N4O. The lowest BCUT2D eigenvalue weighted by molar-refractivity contribution is 0.145. The van der Waals surface area contributed by atoms with Gasteiger partial charge in [-0.05, 0) is 25.0 Å². The Kier molecular flexibility index (Phi) is 4.39. The van der Waals surface area contributed by atoms with Crippen LogP contribution in [0.25, 0.3) is 22.8 Å². The van der Waals surface area contributed by atoms with Crippen molar-refractivity contribution in [1.29, 1.82) is 0 Å². The second-order valence-corrected chi connectivity index (χ2v) is 6.23. The van der Waals surface area contributed by atoms with Crippen molar-refractivity contribution >= 4 is 5.82 Å². The number of hydrogen-bond donors (Lipinski definition) is 1. The van der Waals surface area contributed by atoms with Crippen LogP contribution in [-0.2, 0) is 0 Å². The molecule has 3 aromatic rings. The summed E-state index contributed by atoms with van der Waals surface area (Å²) < 4.78 is 0. The van der Waals surface area contributed by atoms with Gasteiger partial charge in [0.25, 0.3) is 0 Å². The van der Waals surface area contributed by atoms with E-state index >= 15 is 0 Å². The Balaban J connectivity index is 1.78. The molecule has 1 aromatic carbocycles. The quantitative estimate of drug-likeness (QED) is 0.798. The Labute approximate surface area is 147 Å². The van der Waals surface area contributed by atoms with Crippen molar-refractivity contribution in [2.75, 3.05) is 18.0 Å². The van der Waals surface area contributed by atoms with Crippen molar-refractivity contribution in [2.24, 2.45) is 0 Å². The van der Waals surface area contributed by atoms with E-state index in [4.69, 9.17) is 9.97 Å². The number of benzene rings is 1. The molecule has 0 radical (unpaired) electrons. The minimum Gasteiger partial charge on any atom is -0.393 e. The standard InChI is InChI=1S/C20H20N4O/c25-16-9-12-24(13-10-16)19-14-18(17-8-4-5-11-21-17)22-20(23-19)15-6-2-1-3-7-15/h1-8,11,14,16,25H,9-10,12-13H2. The molecule has 1 aliphatic heterocycles. The molecule has 126 valence electrons. The van der Waals surface area contributed by atoms with Gasteiger partial charge in [0.15, 0.2) is 5.82 Å². The molecule has 1 aliphatic rings. The Morgan fingerprint density at radius 3 is 2.36 bits per heavy atom. The average molecular weight is 332 g/mol. The van der Waals surface area contributed by atoms with E-state index in [1.807, 2.05) is 54.6 Å². The van der Waals surface area contributed by atoms with Gasteiger partial charge < -0.3 is 10.0 Å². The summed E-state index contributed by atoms with van der Waals surface area (Å²) in [6.45, 7) is 1.60. The average Bonchev–Trinajstić information content (AvgIpc) is 2.69. The predicted octanol–water partition coefficient (Wildman–Crippen LogP) is 3.17. The van der Waals surface area contributed by atoms with Crippen LogP contribution in [0.4, 0.5) is 5.82 Å². The van der Waals surface area contributed by atoms with Crippen LogP contribution in [0.2, 0.25) is 0 Å². The summed E-state index contributed by atoms with van der Waals surface area (Å²) >= 11 is 0. The monoisotopic (exact) mass is 332 g/mol. The second-order valence-electron chi connectivity index (χ2n) is 6.23. The summed E-state index contributed by atoms with van der Waals surface area (Å²) in [6, 6.07) is 17.8. The number of aromatic nitrogens is 3. The van der Waals surface area contributed by atoms with E-state index in [0.29, 0.717) is 5.82 Å². The Morgan fingerprint density at radius 2 is 1.64 bits per heavy atom. The van der Waals surface area contributed by atoms with Crippen molar-refractivity contribution in [3.05, 3.63) is 60.8 Å². The number of rotatable bonds is 3. The minimum absolute atomic E-state index is 0.207. The molecule has 0 saturated carbocycles. The lowest BCUT2D eigenvalue weighted by Crippen LogP contribution is -2.36. The number of anilines is 1. The molecule has 2 aromatic heterocycles. The number of nitrogens with zero attached hydrogens (tertiary/aromatic N) is 4. The molecule has 5 nitrogen and oxygen atoms in total. The molecule has 0 bridgehead atoms. The van der Waals surface area contributed by atoms with Crippen molar-refractivity contribution in [3.63, 3.8) is 0 Å². The summed E-state index contributed by atoms with van der Waals surface area (Å²) in [5.41, 5.74) is 2.63. The third kappa shape index (κ3) is 3.51. The van der Waals surface area contributed by atoms with Gasteiger partial charge in [-0.3, -0.25) is 4.98 Å². The van der Waals surface area contributed by atoms with Gasteiger partial charge >= 0.3 is 0 Å². The molecule has 1 saturated heterocycles. The maximum absolute atomic E-state index is 9.77. The fourth-order valence-electron chi connectivity index (χ4n) is 3.05. The van der Waals surface area contributed by atoms with Crippen LogP contribution in [-0.4, -0.2) is 39.3 Å². The first-order valence-corrected chi connectivity index (χ1v) is 8.58. The van der Waals surface area contributed by atoms with E-state index in [1.165, 1.54) is 0 Å². The summed E-state index contributed by atoms with van der Waals surface area (Å²) in [5, 5.41) is 9.77. The minimum atomic E-state index is -0.207. The molecule has 0 spiro atoms. The van der Waals surface area contributed by atoms with Crippen LogP contribution >= 0.6 is 0 Å². The highest BCUT2D eigenvalue weighted by molar-refractivity contribution is 5.65. The van der Waals surface area contributed by atoms with Gasteiger partial charge in [-0.1, -0.05) is 36.4 Å². The van der Waals surface area contributed by atoms with Crippen molar-refractivity contribution in [2.45, 2.75) is 18.9 Å². The third-order valence-corrected chi connectivity index (χ3v) is 4.46. The zero-order valence-corrected chi connectivity index (χ0v) is 13.9. The second kappa shape index (κ2) is 6.99. The van der Waals surface area contributed by atoms with Gasteiger partial charge in [0.1, 0.15) is 5.82 Å². The van der Waals surface area contributed by atoms with Crippen molar-refractivity contribution in [3.8, 4) is 22.8 Å². The predicted molar refractivity (Wildman–Crippen MR) is 98.2 cm³/mol. The Hall–Kier alpha value is -2.79.